The number of nitrogen functional groups attached to an aromatic ring is 1. The van der Waals surface area contributed by atoms with Crippen molar-refractivity contribution < 1.29 is 9.21 Å². The van der Waals surface area contributed by atoms with Crippen molar-refractivity contribution in [1.29, 1.82) is 0 Å². The number of amides is 1. The lowest BCUT2D eigenvalue weighted by molar-refractivity contribution is 0.0951. The second-order valence-corrected chi connectivity index (χ2v) is 8.41. The molecule has 7 nitrogen and oxygen atoms in total. The fraction of sp³-hybridized carbons (Fsp3) is 0.148. The van der Waals surface area contributed by atoms with Crippen LogP contribution in [0.25, 0.3) is 44.5 Å². The molecule has 5 aromatic rings. The summed E-state index contributed by atoms with van der Waals surface area (Å²) in [7, 11) is 3.94. The maximum atomic E-state index is 12.6. The minimum Gasteiger partial charge on any atom is -0.455 e. The Hall–Kier alpha value is -4.23. The van der Waals surface area contributed by atoms with Gasteiger partial charge in [-0.1, -0.05) is 42.5 Å². The van der Waals surface area contributed by atoms with Gasteiger partial charge in [-0.25, -0.2) is 9.97 Å². The fourth-order valence-electron chi connectivity index (χ4n) is 3.98. The molecule has 3 aromatic carbocycles. The summed E-state index contributed by atoms with van der Waals surface area (Å²) in [6, 6.07) is 21.2. The topological polar surface area (TPSA) is 97.3 Å². The van der Waals surface area contributed by atoms with Crippen LogP contribution in [0.15, 0.2) is 77.3 Å². The van der Waals surface area contributed by atoms with Crippen molar-refractivity contribution in [3.8, 4) is 22.5 Å². The summed E-state index contributed by atoms with van der Waals surface area (Å²) in [6.45, 7) is 1.34. The Morgan fingerprint density at radius 2 is 1.82 bits per heavy atom. The van der Waals surface area contributed by atoms with Gasteiger partial charge in [-0.3, -0.25) is 4.79 Å². The highest BCUT2D eigenvalue weighted by Gasteiger charge is 2.17. The number of fused-ring (bicyclic) bond motifs is 3. The fourth-order valence-corrected chi connectivity index (χ4v) is 3.98. The molecule has 7 heteroatoms. The highest BCUT2D eigenvalue weighted by Crippen LogP contribution is 2.37. The number of furan rings is 1. The van der Waals surface area contributed by atoms with Gasteiger partial charge in [0, 0.05) is 40.6 Å². The van der Waals surface area contributed by atoms with Crippen molar-refractivity contribution >= 4 is 33.7 Å². The number of nitrogens with zero attached hydrogens (tertiary/aromatic N) is 3. The van der Waals surface area contributed by atoms with Crippen LogP contribution in [0, 0.1) is 0 Å². The van der Waals surface area contributed by atoms with Gasteiger partial charge in [0.05, 0.1) is 11.9 Å². The normalized spacial score (nSPS) is 11.4. The Bertz CT molecular complexity index is 1510. The zero-order valence-electron chi connectivity index (χ0n) is 19.1. The first-order valence-corrected chi connectivity index (χ1v) is 11.1. The van der Waals surface area contributed by atoms with E-state index < -0.39 is 0 Å². The molecule has 3 N–H and O–H groups in total. The van der Waals surface area contributed by atoms with E-state index in [4.69, 9.17) is 15.1 Å². The molecule has 0 fully saturated rings. The van der Waals surface area contributed by atoms with Crippen molar-refractivity contribution in [3.63, 3.8) is 0 Å². The predicted octanol–water partition coefficient (Wildman–Crippen LogP) is 4.58. The lowest BCUT2D eigenvalue weighted by Crippen LogP contribution is -2.31. The van der Waals surface area contributed by atoms with Crippen LogP contribution in [-0.2, 0) is 0 Å². The first-order valence-electron chi connectivity index (χ1n) is 11.1. The van der Waals surface area contributed by atoms with E-state index in [1.165, 1.54) is 0 Å². The highest BCUT2D eigenvalue weighted by atomic mass is 16.3. The van der Waals surface area contributed by atoms with Gasteiger partial charge in [0.2, 0.25) is 0 Å². The molecule has 0 spiro atoms. The van der Waals surface area contributed by atoms with E-state index in [9.17, 15) is 4.79 Å². The summed E-state index contributed by atoms with van der Waals surface area (Å²) in [5, 5.41) is 4.97. The molecule has 2 aromatic heterocycles. The highest BCUT2D eigenvalue weighted by molar-refractivity contribution is 6.09. The first kappa shape index (κ1) is 21.6. The molecule has 0 atom stereocenters. The van der Waals surface area contributed by atoms with Crippen molar-refractivity contribution in [3.05, 3.63) is 78.5 Å². The van der Waals surface area contributed by atoms with Gasteiger partial charge in [-0.05, 0) is 38.4 Å². The number of aromatic nitrogens is 2. The predicted molar refractivity (Wildman–Crippen MR) is 135 cm³/mol. The Morgan fingerprint density at radius 1 is 1.03 bits per heavy atom. The molecule has 1 amide bonds. The number of likely N-dealkylation sites (N-methyl/N-ethyl adjacent to an activating group) is 1. The number of carbonyl (C=O) groups is 1. The van der Waals surface area contributed by atoms with Crippen molar-refractivity contribution in [1.82, 2.24) is 20.2 Å². The number of rotatable bonds is 6. The summed E-state index contributed by atoms with van der Waals surface area (Å²) in [5.41, 5.74) is 11.1. The van der Waals surface area contributed by atoms with Crippen molar-refractivity contribution in [2.45, 2.75) is 0 Å². The number of benzene rings is 3. The van der Waals surface area contributed by atoms with Crippen molar-refractivity contribution in [2.24, 2.45) is 0 Å². The zero-order chi connectivity index (χ0) is 23.7. The third-order valence-electron chi connectivity index (χ3n) is 5.73. The maximum absolute atomic E-state index is 12.6. The standard InChI is InChI=1S/C27H25N5O2/c1-32(2)14-13-29-27(33)18-8-5-7-17(15-18)22-16-30-26(28)24(31-22)21-11-6-10-20-19-9-3-4-12-23(19)34-25(20)21/h3-12,15-16H,13-14H2,1-2H3,(H2,28,30)(H,29,33). The Morgan fingerprint density at radius 3 is 2.68 bits per heavy atom. The number of hydrogen-bond acceptors (Lipinski definition) is 6. The van der Waals surface area contributed by atoms with Gasteiger partial charge in [-0.15, -0.1) is 0 Å². The van der Waals surface area contributed by atoms with Crippen molar-refractivity contribution in [2.75, 3.05) is 32.9 Å². The average Bonchev–Trinajstić information content (AvgIpc) is 3.23. The van der Waals surface area contributed by atoms with Crippen LogP contribution in [0.4, 0.5) is 5.82 Å². The number of para-hydroxylation sites is 2. The molecule has 0 aliphatic heterocycles. The Balaban J connectivity index is 1.53. The van der Waals surface area contributed by atoms with Gasteiger partial charge in [0.15, 0.2) is 0 Å². The molecule has 0 aliphatic rings. The molecule has 34 heavy (non-hydrogen) atoms. The quantitative estimate of drug-likeness (QED) is 0.392. The molecule has 2 heterocycles. The third-order valence-corrected chi connectivity index (χ3v) is 5.73. The monoisotopic (exact) mass is 451 g/mol. The van der Waals surface area contributed by atoms with Crippen LogP contribution in [-0.4, -0.2) is 48.0 Å². The summed E-state index contributed by atoms with van der Waals surface area (Å²) in [6.07, 6.45) is 1.63. The van der Waals surface area contributed by atoms with Crippen LogP contribution in [0.5, 0.6) is 0 Å². The lowest BCUT2D eigenvalue weighted by Gasteiger charge is -2.11. The molecule has 0 unspecified atom stereocenters. The SMILES string of the molecule is CN(C)CCNC(=O)c1cccc(-c2cnc(N)c(-c3cccc4c3oc3ccccc34)n2)c1. The number of nitrogens with two attached hydrogens (primary N) is 1. The number of nitrogens with one attached hydrogen (secondary N) is 1. The Labute approximate surface area is 197 Å². The summed E-state index contributed by atoms with van der Waals surface area (Å²) in [5.74, 6) is 0.189. The number of carbonyl (C=O) groups excluding carboxylic acids is 1. The smallest absolute Gasteiger partial charge is 0.251 e. The molecule has 0 bridgehead atoms. The second-order valence-electron chi connectivity index (χ2n) is 8.41. The van der Waals surface area contributed by atoms with Gasteiger partial charge < -0.3 is 20.4 Å². The Kier molecular flexibility index (Phi) is 5.69. The third kappa shape index (κ3) is 4.09. The molecular formula is C27H25N5O2. The lowest BCUT2D eigenvalue weighted by atomic mass is 10.0. The molecule has 5 rings (SSSR count). The minimum atomic E-state index is -0.126. The molecule has 0 radical (unpaired) electrons. The van der Waals surface area contributed by atoms with E-state index in [1.807, 2.05) is 79.7 Å². The maximum Gasteiger partial charge on any atom is 0.251 e. The molecular weight excluding hydrogens is 426 g/mol. The summed E-state index contributed by atoms with van der Waals surface area (Å²) in [4.78, 5) is 23.8. The molecule has 0 saturated heterocycles. The zero-order valence-corrected chi connectivity index (χ0v) is 19.1. The van der Waals surface area contributed by atoms with E-state index in [0.29, 0.717) is 29.3 Å². The average molecular weight is 452 g/mol. The minimum absolute atomic E-state index is 0.126. The summed E-state index contributed by atoms with van der Waals surface area (Å²) < 4.78 is 6.16. The van der Waals surface area contributed by atoms with E-state index >= 15 is 0 Å². The van der Waals surface area contributed by atoms with Crippen LogP contribution in [0.1, 0.15) is 10.4 Å². The largest absolute Gasteiger partial charge is 0.455 e. The summed E-state index contributed by atoms with van der Waals surface area (Å²) >= 11 is 0. The molecule has 170 valence electrons. The van der Waals surface area contributed by atoms with Gasteiger partial charge in [0.1, 0.15) is 22.7 Å². The van der Waals surface area contributed by atoms with E-state index in [-0.39, 0.29) is 5.91 Å². The van der Waals surface area contributed by atoms with E-state index in [1.54, 1.807) is 12.3 Å². The van der Waals surface area contributed by atoms with E-state index in [0.717, 1.165) is 39.6 Å². The first-order chi connectivity index (χ1) is 16.5. The van der Waals surface area contributed by atoms with Crippen LogP contribution >= 0.6 is 0 Å². The van der Waals surface area contributed by atoms with Gasteiger partial charge >= 0.3 is 0 Å². The van der Waals surface area contributed by atoms with Crippen LogP contribution in [0.2, 0.25) is 0 Å². The second kappa shape index (κ2) is 8.96. The van der Waals surface area contributed by atoms with Crippen LogP contribution in [0.3, 0.4) is 0 Å². The van der Waals surface area contributed by atoms with E-state index in [2.05, 4.69) is 10.3 Å². The molecule has 0 aliphatic carbocycles. The number of hydrogen-bond donors (Lipinski definition) is 2. The molecule has 0 saturated carbocycles. The van der Waals surface area contributed by atoms with Crippen LogP contribution < -0.4 is 11.1 Å². The van der Waals surface area contributed by atoms with Gasteiger partial charge in [0.25, 0.3) is 5.91 Å². The number of anilines is 1. The van der Waals surface area contributed by atoms with Gasteiger partial charge in [-0.2, -0.15) is 0 Å².